The summed E-state index contributed by atoms with van der Waals surface area (Å²) in [5.41, 5.74) is -1.81. The SMILES string of the molecule is CCCCOc1cc(F)c(C(=O)Oc2ccc(OC(=O)c3c(F)cc(OCCCC)cc3F)cc2)c(F)c1. The van der Waals surface area contributed by atoms with Gasteiger partial charge in [-0.1, -0.05) is 26.7 Å². The van der Waals surface area contributed by atoms with Crippen LogP contribution in [0.15, 0.2) is 48.5 Å². The van der Waals surface area contributed by atoms with Gasteiger partial charge in [0.15, 0.2) is 0 Å². The Morgan fingerprint density at radius 2 is 0.895 bits per heavy atom. The molecule has 0 radical (unpaired) electrons. The highest BCUT2D eigenvalue weighted by Crippen LogP contribution is 2.26. The standard InChI is InChI=1S/C28H26F4O6/c1-3-5-11-35-19-13-21(29)25(22(30)14-19)27(33)37-17-7-9-18(10-8-17)38-28(34)26-23(31)15-20(16-24(26)32)36-12-6-4-2/h7-10,13-16H,3-6,11-12H2,1-2H3. The molecule has 0 unspecified atom stereocenters. The van der Waals surface area contributed by atoms with E-state index in [1.165, 1.54) is 24.3 Å². The Labute approximate surface area is 217 Å². The monoisotopic (exact) mass is 534 g/mol. The Hall–Kier alpha value is -4.08. The fraction of sp³-hybridized carbons (Fsp3) is 0.286. The maximum Gasteiger partial charge on any atom is 0.349 e. The van der Waals surface area contributed by atoms with Crippen LogP contribution in [-0.2, 0) is 0 Å². The Morgan fingerprint density at radius 3 is 1.18 bits per heavy atom. The van der Waals surface area contributed by atoms with E-state index in [9.17, 15) is 27.2 Å². The minimum absolute atomic E-state index is 0.0531. The Morgan fingerprint density at radius 1 is 0.579 bits per heavy atom. The molecule has 0 aliphatic rings. The molecule has 0 aromatic heterocycles. The highest BCUT2D eigenvalue weighted by atomic mass is 19.1. The summed E-state index contributed by atoms with van der Waals surface area (Å²) in [6.07, 6.45) is 3.07. The number of benzene rings is 3. The molecule has 38 heavy (non-hydrogen) atoms. The van der Waals surface area contributed by atoms with E-state index in [1.54, 1.807) is 0 Å². The number of halogens is 4. The second-order valence-corrected chi connectivity index (χ2v) is 8.18. The number of esters is 2. The third-order valence-electron chi connectivity index (χ3n) is 5.22. The van der Waals surface area contributed by atoms with Crippen molar-refractivity contribution in [2.45, 2.75) is 39.5 Å². The van der Waals surface area contributed by atoms with Gasteiger partial charge in [0.25, 0.3) is 0 Å². The molecular weight excluding hydrogens is 508 g/mol. The van der Waals surface area contributed by atoms with E-state index >= 15 is 0 Å². The van der Waals surface area contributed by atoms with Gasteiger partial charge in [-0.05, 0) is 37.1 Å². The van der Waals surface area contributed by atoms with Crippen LogP contribution in [0.4, 0.5) is 17.6 Å². The maximum atomic E-state index is 14.4. The molecule has 10 heteroatoms. The highest BCUT2D eigenvalue weighted by Gasteiger charge is 2.23. The van der Waals surface area contributed by atoms with Crippen LogP contribution in [0.25, 0.3) is 0 Å². The van der Waals surface area contributed by atoms with Gasteiger partial charge in [-0.15, -0.1) is 0 Å². The lowest BCUT2D eigenvalue weighted by Gasteiger charge is -2.11. The zero-order chi connectivity index (χ0) is 27.7. The van der Waals surface area contributed by atoms with Crippen molar-refractivity contribution in [2.24, 2.45) is 0 Å². The summed E-state index contributed by atoms with van der Waals surface area (Å²) in [5, 5.41) is 0. The molecule has 0 atom stereocenters. The van der Waals surface area contributed by atoms with E-state index in [-0.39, 0.29) is 36.2 Å². The van der Waals surface area contributed by atoms with Crippen LogP contribution in [0.2, 0.25) is 0 Å². The van der Waals surface area contributed by atoms with Crippen LogP contribution in [0.1, 0.15) is 60.2 Å². The van der Waals surface area contributed by atoms with Crippen LogP contribution in [0.3, 0.4) is 0 Å². The van der Waals surface area contributed by atoms with Crippen LogP contribution >= 0.6 is 0 Å². The number of carbonyl (C=O) groups excluding carboxylic acids is 2. The summed E-state index contributed by atoms with van der Waals surface area (Å²) in [6.45, 7) is 4.41. The van der Waals surface area contributed by atoms with Crippen molar-refractivity contribution in [1.29, 1.82) is 0 Å². The van der Waals surface area contributed by atoms with Crippen molar-refractivity contribution in [3.63, 3.8) is 0 Å². The van der Waals surface area contributed by atoms with Gasteiger partial charge in [0.05, 0.1) is 13.2 Å². The van der Waals surface area contributed by atoms with Crippen LogP contribution in [-0.4, -0.2) is 25.2 Å². The third kappa shape index (κ3) is 7.47. The summed E-state index contributed by atoms with van der Waals surface area (Å²) in [6, 6.07) is 8.26. The molecule has 3 rings (SSSR count). The minimum atomic E-state index is -1.30. The summed E-state index contributed by atoms with van der Waals surface area (Å²) in [5.74, 6) is -7.56. The second kappa shape index (κ2) is 13.5. The van der Waals surface area contributed by atoms with E-state index in [0.29, 0.717) is 12.8 Å². The van der Waals surface area contributed by atoms with E-state index in [4.69, 9.17) is 18.9 Å². The predicted octanol–water partition coefficient (Wildman–Crippen LogP) is 7.04. The molecular formula is C28H26F4O6. The first-order valence-electron chi connectivity index (χ1n) is 12.0. The number of hydrogen-bond acceptors (Lipinski definition) is 6. The summed E-state index contributed by atoms with van der Waals surface area (Å²) in [7, 11) is 0. The zero-order valence-corrected chi connectivity index (χ0v) is 20.8. The number of rotatable bonds is 12. The van der Waals surface area contributed by atoms with Gasteiger partial charge in [-0.3, -0.25) is 0 Å². The van der Waals surface area contributed by atoms with E-state index in [0.717, 1.165) is 37.1 Å². The molecule has 0 fully saturated rings. The lowest BCUT2D eigenvalue weighted by Crippen LogP contribution is -2.14. The molecule has 0 aliphatic heterocycles. The molecule has 0 amide bonds. The molecule has 202 valence electrons. The van der Waals surface area contributed by atoms with Gasteiger partial charge < -0.3 is 18.9 Å². The number of ether oxygens (including phenoxy) is 4. The van der Waals surface area contributed by atoms with Crippen molar-refractivity contribution >= 4 is 11.9 Å². The lowest BCUT2D eigenvalue weighted by molar-refractivity contribution is 0.0708. The Bertz CT molecular complexity index is 1130. The number of carbonyl (C=O) groups is 2. The molecule has 0 spiro atoms. The molecule has 6 nitrogen and oxygen atoms in total. The molecule has 0 heterocycles. The van der Waals surface area contributed by atoms with Crippen molar-refractivity contribution < 1.29 is 46.1 Å². The topological polar surface area (TPSA) is 71.1 Å². The fourth-order valence-electron chi connectivity index (χ4n) is 3.22. The van der Waals surface area contributed by atoms with Crippen molar-refractivity contribution in [3.05, 3.63) is 82.9 Å². The summed E-state index contributed by atoms with van der Waals surface area (Å²) < 4.78 is 78.0. The van der Waals surface area contributed by atoms with Crippen LogP contribution < -0.4 is 18.9 Å². The van der Waals surface area contributed by atoms with Crippen LogP contribution in [0, 0.1) is 23.3 Å². The van der Waals surface area contributed by atoms with Crippen molar-refractivity contribution in [1.82, 2.24) is 0 Å². The predicted molar refractivity (Wildman–Crippen MR) is 130 cm³/mol. The third-order valence-corrected chi connectivity index (χ3v) is 5.22. The van der Waals surface area contributed by atoms with Crippen molar-refractivity contribution in [2.75, 3.05) is 13.2 Å². The van der Waals surface area contributed by atoms with Gasteiger partial charge in [0, 0.05) is 24.3 Å². The molecule has 0 bridgehead atoms. The van der Waals surface area contributed by atoms with Gasteiger partial charge >= 0.3 is 11.9 Å². The van der Waals surface area contributed by atoms with E-state index in [2.05, 4.69) is 0 Å². The summed E-state index contributed by atoms with van der Waals surface area (Å²) >= 11 is 0. The smallest absolute Gasteiger partial charge is 0.349 e. The largest absolute Gasteiger partial charge is 0.493 e. The molecule has 3 aromatic rings. The maximum absolute atomic E-state index is 14.4. The molecule has 0 aliphatic carbocycles. The fourth-order valence-corrected chi connectivity index (χ4v) is 3.22. The first-order valence-corrected chi connectivity index (χ1v) is 12.0. The molecule has 0 N–H and O–H groups in total. The van der Waals surface area contributed by atoms with E-state index < -0.39 is 46.3 Å². The lowest BCUT2D eigenvalue weighted by atomic mass is 10.2. The minimum Gasteiger partial charge on any atom is -0.493 e. The van der Waals surface area contributed by atoms with Crippen LogP contribution in [0.5, 0.6) is 23.0 Å². The quantitative estimate of drug-likeness (QED) is 0.107. The summed E-state index contributed by atoms with van der Waals surface area (Å²) in [4.78, 5) is 24.7. The van der Waals surface area contributed by atoms with Gasteiger partial charge in [0.2, 0.25) is 0 Å². The average molecular weight is 535 g/mol. The van der Waals surface area contributed by atoms with Gasteiger partial charge in [0.1, 0.15) is 57.4 Å². The normalized spacial score (nSPS) is 10.7. The first-order chi connectivity index (χ1) is 18.2. The van der Waals surface area contributed by atoms with Gasteiger partial charge in [-0.2, -0.15) is 0 Å². The molecule has 0 saturated heterocycles. The van der Waals surface area contributed by atoms with Crippen molar-refractivity contribution in [3.8, 4) is 23.0 Å². The molecule has 0 saturated carbocycles. The van der Waals surface area contributed by atoms with Gasteiger partial charge in [-0.25, -0.2) is 27.2 Å². The highest BCUT2D eigenvalue weighted by molar-refractivity contribution is 5.92. The molecule has 3 aromatic carbocycles. The Kier molecular flexibility index (Phi) is 10.1. The number of unbranched alkanes of at least 4 members (excludes halogenated alkanes) is 2. The first kappa shape index (κ1) is 28.5. The second-order valence-electron chi connectivity index (χ2n) is 8.18. The Balaban J connectivity index is 1.64. The number of hydrogen-bond donors (Lipinski definition) is 0. The zero-order valence-electron chi connectivity index (χ0n) is 20.8. The average Bonchev–Trinajstić information content (AvgIpc) is 2.85. The van der Waals surface area contributed by atoms with E-state index in [1.807, 2.05) is 13.8 Å².